The lowest BCUT2D eigenvalue weighted by molar-refractivity contribution is 0.0985. The third-order valence-electron chi connectivity index (χ3n) is 5.60. The molecule has 142 valence electrons. The molecule has 5 nitrogen and oxygen atoms in total. The van der Waals surface area contributed by atoms with Crippen molar-refractivity contribution in [2.45, 2.75) is 6.42 Å². The molecule has 0 atom stereocenters. The van der Waals surface area contributed by atoms with E-state index in [1.807, 2.05) is 12.3 Å². The second-order valence-corrected chi connectivity index (χ2v) is 7.26. The minimum absolute atomic E-state index is 0.115. The van der Waals surface area contributed by atoms with Crippen LogP contribution in [-0.2, 0) is 6.42 Å². The first kappa shape index (κ1) is 17.1. The summed E-state index contributed by atoms with van der Waals surface area (Å²) in [5.41, 5.74) is 2.10. The Hall–Kier alpha value is -2.99. The Bertz CT molecular complexity index is 1060. The average molecular weight is 376 g/mol. The fourth-order valence-corrected chi connectivity index (χ4v) is 4.17. The van der Waals surface area contributed by atoms with E-state index in [1.54, 1.807) is 23.1 Å². The Balaban J connectivity index is 1.58. The topological polar surface area (TPSA) is 48.5 Å². The molecule has 1 N–H and O–H groups in total. The van der Waals surface area contributed by atoms with E-state index in [0.717, 1.165) is 60.4 Å². The predicted octanol–water partition coefficient (Wildman–Crippen LogP) is 2.99. The molecule has 2 aliphatic heterocycles. The number of carbonyl (C=O) groups excluding carboxylic acids is 1. The molecule has 1 aromatic heterocycles. The van der Waals surface area contributed by atoms with Gasteiger partial charge in [0.05, 0.1) is 5.56 Å². The van der Waals surface area contributed by atoms with Crippen LogP contribution in [0.3, 0.4) is 0 Å². The molecule has 0 spiro atoms. The fourth-order valence-electron chi connectivity index (χ4n) is 4.17. The van der Waals surface area contributed by atoms with Gasteiger partial charge in [-0.1, -0.05) is 12.1 Å². The molecule has 6 heteroatoms. The second kappa shape index (κ2) is 6.87. The predicted molar refractivity (Wildman–Crippen MR) is 109 cm³/mol. The molecule has 1 fully saturated rings. The van der Waals surface area contributed by atoms with Crippen LogP contribution in [0.1, 0.15) is 15.9 Å². The summed E-state index contributed by atoms with van der Waals surface area (Å²) < 4.78 is 14.2. The number of hydrogen-bond acceptors (Lipinski definition) is 4. The lowest BCUT2D eigenvalue weighted by atomic mass is 10.0. The van der Waals surface area contributed by atoms with E-state index >= 15 is 0 Å². The number of carbonyl (C=O) groups is 1. The Morgan fingerprint density at radius 1 is 1.07 bits per heavy atom. The number of pyridine rings is 1. The maximum atomic E-state index is 14.2. The highest BCUT2D eigenvalue weighted by molar-refractivity contribution is 6.09. The van der Waals surface area contributed by atoms with Gasteiger partial charge in [-0.25, -0.2) is 9.37 Å². The first-order chi connectivity index (χ1) is 13.7. The number of piperazine rings is 1. The van der Waals surface area contributed by atoms with Gasteiger partial charge in [-0.2, -0.15) is 0 Å². The number of aromatic nitrogens is 1. The highest BCUT2D eigenvalue weighted by Crippen LogP contribution is 2.36. The van der Waals surface area contributed by atoms with Crippen LogP contribution in [0.15, 0.2) is 48.7 Å². The summed E-state index contributed by atoms with van der Waals surface area (Å²) >= 11 is 0. The van der Waals surface area contributed by atoms with E-state index in [-0.39, 0.29) is 11.5 Å². The minimum atomic E-state index is -0.482. The van der Waals surface area contributed by atoms with Crippen LogP contribution in [0.5, 0.6) is 0 Å². The molecule has 28 heavy (non-hydrogen) atoms. The monoisotopic (exact) mass is 376 g/mol. The zero-order chi connectivity index (χ0) is 19.1. The van der Waals surface area contributed by atoms with Gasteiger partial charge in [0.2, 0.25) is 0 Å². The van der Waals surface area contributed by atoms with Gasteiger partial charge < -0.3 is 15.1 Å². The van der Waals surface area contributed by atoms with Gasteiger partial charge in [-0.05, 0) is 47.7 Å². The molecule has 5 rings (SSSR count). The van der Waals surface area contributed by atoms with Crippen LogP contribution in [-0.4, -0.2) is 43.6 Å². The molecular formula is C22H21FN4O. The van der Waals surface area contributed by atoms with Crippen LogP contribution >= 0.6 is 0 Å². The quantitative estimate of drug-likeness (QED) is 0.747. The molecule has 2 aromatic carbocycles. The van der Waals surface area contributed by atoms with Crippen molar-refractivity contribution in [2.75, 3.05) is 42.5 Å². The van der Waals surface area contributed by atoms with Crippen molar-refractivity contribution in [3.63, 3.8) is 0 Å². The van der Waals surface area contributed by atoms with Gasteiger partial charge in [0.1, 0.15) is 11.6 Å². The van der Waals surface area contributed by atoms with E-state index in [1.165, 1.54) is 6.07 Å². The molecule has 0 bridgehead atoms. The van der Waals surface area contributed by atoms with Crippen molar-refractivity contribution in [2.24, 2.45) is 0 Å². The summed E-state index contributed by atoms with van der Waals surface area (Å²) in [7, 11) is 0. The largest absolute Gasteiger partial charge is 0.354 e. The SMILES string of the molecule is O=C(c1ccccc1F)N1CCc2cc3ccnc(N4CCNCC4)c3cc21. The first-order valence-corrected chi connectivity index (χ1v) is 9.66. The van der Waals surface area contributed by atoms with Crippen molar-refractivity contribution >= 4 is 28.2 Å². The Morgan fingerprint density at radius 2 is 1.89 bits per heavy atom. The zero-order valence-corrected chi connectivity index (χ0v) is 15.5. The van der Waals surface area contributed by atoms with Crippen molar-refractivity contribution < 1.29 is 9.18 Å². The molecule has 0 aliphatic carbocycles. The molecule has 0 radical (unpaired) electrons. The van der Waals surface area contributed by atoms with Crippen LogP contribution < -0.4 is 15.1 Å². The lowest BCUT2D eigenvalue weighted by Gasteiger charge is -2.29. The molecule has 2 aliphatic rings. The number of rotatable bonds is 2. The van der Waals surface area contributed by atoms with E-state index < -0.39 is 5.82 Å². The fraction of sp³-hybridized carbons (Fsp3) is 0.273. The van der Waals surface area contributed by atoms with E-state index in [9.17, 15) is 9.18 Å². The molecular weight excluding hydrogens is 355 g/mol. The maximum absolute atomic E-state index is 14.2. The summed E-state index contributed by atoms with van der Waals surface area (Å²) in [6, 6.07) is 12.4. The highest BCUT2D eigenvalue weighted by Gasteiger charge is 2.28. The van der Waals surface area contributed by atoms with Crippen LogP contribution in [0.25, 0.3) is 10.8 Å². The van der Waals surface area contributed by atoms with Gasteiger partial charge in [-0.15, -0.1) is 0 Å². The molecule has 0 unspecified atom stereocenters. The zero-order valence-electron chi connectivity index (χ0n) is 15.5. The Morgan fingerprint density at radius 3 is 2.71 bits per heavy atom. The summed E-state index contributed by atoms with van der Waals surface area (Å²) in [4.78, 5) is 21.6. The summed E-state index contributed by atoms with van der Waals surface area (Å²) in [6.07, 6.45) is 2.63. The molecule has 3 aromatic rings. The Kier molecular flexibility index (Phi) is 4.20. The smallest absolute Gasteiger partial charge is 0.261 e. The standard InChI is InChI=1S/C22H21FN4O/c23-19-4-2-1-3-17(19)22(28)27-10-6-16-13-15-5-7-25-21(18(15)14-20(16)27)26-11-8-24-9-12-26/h1-5,7,13-14,24H,6,8-12H2. The third kappa shape index (κ3) is 2.81. The van der Waals surface area contributed by atoms with Crippen molar-refractivity contribution in [3.8, 4) is 0 Å². The van der Waals surface area contributed by atoms with Crippen LogP contribution in [0.4, 0.5) is 15.9 Å². The van der Waals surface area contributed by atoms with Gasteiger partial charge in [-0.3, -0.25) is 4.79 Å². The van der Waals surface area contributed by atoms with E-state index in [0.29, 0.717) is 6.54 Å². The number of amides is 1. The van der Waals surface area contributed by atoms with Crippen LogP contribution in [0.2, 0.25) is 0 Å². The number of fused-ring (bicyclic) bond motifs is 2. The number of hydrogen-bond donors (Lipinski definition) is 1. The first-order valence-electron chi connectivity index (χ1n) is 9.66. The normalized spacial score (nSPS) is 16.5. The molecule has 0 saturated carbocycles. The average Bonchev–Trinajstić information content (AvgIpc) is 3.15. The van der Waals surface area contributed by atoms with Gasteiger partial charge in [0.25, 0.3) is 5.91 Å². The highest BCUT2D eigenvalue weighted by atomic mass is 19.1. The third-order valence-corrected chi connectivity index (χ3v) is 5.60. The summed E-state index contributed by atoms with van der Waals surface area (Å²) in [5, 5.41) is 5.53. The number of anilines is 2. The molecule has 1 amide bonds. The summed E-state index contributed by atoms with van der Waals surface area (Å²) in [6.45, 7) is 4.24. The van der Waals surface area contributed by atoms with Crippen LogP contribution in [0, 0.1) is 5.82 Å². The minimum Gasteiger partial charge on any atom is -0.354 e. The van der Waals surface area contributed by atoms with Crippen molar-refractivity contribution in [1.82, 2.24) is 10.3 Å². The van der Waals surface area contributed by atoms with Crippen molar-refractivity contribution in [1.29, 1.82) is 0 Å². The molecule has 3 heterocycles. The lowest BCUT2D eigenvalue weighted by Crippen LogP contribution is -2.44. The second-order valence-electron chi connectivity index (χ2n) is 7.26. The number of nitrogens with zero attached hydrogens (tertiary/aromatic N) is 3. The molecule has 1 saturated heterocycles. The van der Waals surface area contributed by atoms with Crippen molar-refractivity contribution in [3.05, 3.63) is 65.6 Å². The summed E-state index contributed by atoms with van der Waals surface area (Å²) in [5.74, 6) is 0.181. The van der Waals surface area contributed by atoms with Gasteiger partial charge in [0.15, 0.2) is 0 Å². The Labute approximate surface area is 162 Å². The number of halogens is 1. The van der Waals surface area contributed by atoms with Gasteiger partial charge >= 0.3 is 0 Å². The van der Waals surface area contributed by atoms with E-state index in [4.69, 9.17) is 0 Å². The van der Waals surface area contributed by atoms with Gasteiger partial charge in [0, 0.05) is 50.0 Å². The number of benzene rings is 2. The maximum Gasteiger partial charge on any atom is 0.261 e. The number of nitrogens with one attached hydrogen (secondary N) is 1. The van der Waals surface area contributed by atoms with E-state index in [2.05, 4.69) is 27.3 Å².